The summed E-state index contributed by atoms with van der Waals surface area (Å²) in [6.07, 6.45) is -0.463. The van der Waals surface area contributed by atoms with E-state index in [2.05, 4.69) is 37.2 Å². The van der Waals surface area contributed by atoms with Gasteiger partial charge in [0.15, 0.2) is 0 Å². The van der Waals surface area contributed by atoms with E-state index in [0.717, 1.165) is 4.47 Å². The third-order valence-corrected chi connectivity index (χ3v) is 3.33. The van der Waals surface area contributed by atoms with E-state index < -0.39 is 30.2 Å². The molecule has 4 N–H and O–H groups in total. The van der Waals surface area contributed by atoms with Crippen molar-refractivity contribution >= 4 is 49.6 Å². The molecule has 0 saturated carbocycles. The second-order valence-electron chi connectivity index (χ2n) is 3.66. The normalized spacial score (nSPS) is 11.7. The quantitative estimate of drug-likeness (QED) is 0.699. The van der Waals surface area contributed by atoms with Crippen molar-refractivity contribution in [2.45, 2.75) is 12.5 Å². The highest BCUT2D eigenvalue weighted by atomic mass is 79.9. The Balaban J connectivity index is 2.87. The second kappa shape index (κ2) is 6.67. The largest absolute Gasteiger partial charge is 0.480 e. The Hall–Kier alpha value is -1.41. The molecule has 1 rings (SSSR count). The number of nitrogens with one attached hydrogen (secondary N) is 1. The number of carbonyl (C=O) groups excluding carboxylic acids is 2. The lowest BCUT2D eigenvalue weighted by molar-refractivity contribution is -0.140. The monoisotopic (exact) mass is 392 g/mol. The number of aliphatic carboxylic acids is 1. The molecule has 0 heterocycles. The van der Waals surface area contributed by atoms with Crippen LogP contribution >= 0.6 is 31.9 Å². The molecule has 2 amide bonds. The van der Waals surface area contributed by atoms with Crippen molar-refractivity contribution in [1.29, 1.82) is 0 Å². The summed E-state index contributed by atoms with van der Waals surface area (Å²) < 4.78 is 1.27. The summed E-state index contributed by atoms with van der Waals surface area (Å²) in [5, 5.41) is 11.1. The number of halogens is 2. The van der Waals surface area contributed by atoms with Gasteiger partial charge in [-0.25, -0.2) is 4.79 Å². The molecule has 0 aromatic heterocycles. The van der Waals surface area contributed by atoms with Gasteiger partial charge in [-0.05, 0) is 34.1 Å². The number of benzene rings is 1. The summed E-state index contributed by atoms with van der Waals surface area (Å²) in [6, 6.07) is 3.47. The summed E-state index contributed by atoms with van der Waals surface area (Å²) in [6.45, 7) is 0. The van der Waals surface area contributed by atoms with Gasteiger partial charge >= 0.3 is 5.97 Å². The molecule has 0 unspecified atom stereocenters. The second-order valence-corrected chi connectivity index (χ2v) is 5.43. The first-order valence-electron chi connectivity index (χ1n) is 5.08. The van der Waals surface area contributed by atoms with Crippen LogP contribution in [0.1, 0.15) is 16.8 Å². The van der Waals surface area contributed by atoms with Crippen LogP contribution in [-0.4, -0.2) is 28.9 Å². The van der Waals surface area contributed by atoms with Crippen LogP contribution in [0.5, 0.6) is 0 Å². The van der Waals surface area contributed by atoms with Gasteiger partial charge in [-0.15, -0.1) is 0 Å². The maximum absolute atomic E-state index is 11.9. The number of carbonyl (C=O) groups is 3. The maximum Gasteiger partial charge on any atom is 0.326 e. The number of hydrogen-bond donors (Lipinski definition) is 3. The fourth-order valence-electron chi connectivity index (χ4n) is 1.31. The first kappa shape index (κ1) is 15.6. The summed E-state index contributed by atoms with van der Waals surface area (Å²) in [5.41, 5.74) is 5.19. The van der Waals surface area contributed by atoms with Gasteiger partial charge in [0.2, 0.25) is 5.91 Å². The Bertz CT molecular complexity index is 533. The summed E-state index contributed by atoms with van der Waals surface area (Å²) >= 11 is 6.43. The number of amides is 2. The molecule has 1 aromatic rings. The van der Waals surface area contributed by atoms with Crippen molar-refractivity contribution in [3.05, 3.63) is 32.7 Å². The van der Waals surface area contributed by atoms with E-state index in [1.807, 2.05) is 0 Å². The molecule has 1 atom stereocenters. The first-order valence-corrected chi connectivity index (χ1v) is 6.67. The van der Waals surface area contributed by atoms with Crippen molar-refractivity contribution < 1.29 is 19.5 Å². The average Bonchev–Trinajstić information content (AvgIpc) is 2.26. The molecule has 0 aliphatic rings. The smallest absolute Gasteiger partial charge is 0.326 e. The van der Waals surface area contributed by atoms with Gasteiger partial charge in [-0.3, -0.25) is 9.59 Å². The molecule has 1 aromatic carbocycles. The minimum atomic E-state index is -1.35. The van der Waals surface area contributed by atoms with Crippen LogP contribution in [0.15, 0.2) is 27.1 Å². The number of hydrogen-bond acceptors (Lipinski definition) is 3. The summed E-state index contributed by atoms with van der Waals surface area (Å²) in [4.78, 5) is 33.5. The Morgan fingerprint density at radius 1 is 1.32 bits per heavy atom. The van der Waals surface area contributed by atoms with Crippen LogP contribution in [0.2, 0.25) is 0 Å². The molecule has 6 nitrogen and oxygen atoms in total. The lowest BCUT2D eigenvalue weighted by Crippen LogP contribution is -2.43. The van der Waals surface area contributed by atoms with Crippen LogP contribution < -0.4 is 11.1 Å². The number of carboxylic acid groups (broad SMARTS) is 1. The van der Waals surface area contributed by atoms with Crippen LogP contribution in [0, 0.1) is 0 Å². The lowest BCUT2D eigenvalue weighted by Gasteiger charge is -2.13. The van der Waals surface area contributed by atoms with Gasteiger partial charge in [0.1, 0.15) is 6.04 Å². The molecule has 19 heavy (non-hydrogen) atoms. The highest BCUT2D eigenvalue weighted by Crippen LogP contribution is 2.22. The van der Waals surface area contributed by atoms with Crippen molar-refractivity contribution in [3.8, 4) is 0 Å². The van der Waals surface area contributed by atoms with Crippen molar-refractivity contribution in [3.63, 3.8) is 0 Å². The first-order chi connectivity index (χ1) is 8.81. The van der Waals surface area contributed by atoms with Gasteiger partial charge in [0, 0.05) is 8.95 Å². The Morgan fingerprint density at radius 3 is 2.42 bits per heavy atom. The van der Waals surface area contributed by atoms with Crippen molar-refractivity contribution in [1.82, 2.24) is 5.32 Å². The summed E-state index contributed by atoms with van der Waals surface area (Å²) in [5.74, 6) is -2.73. The summed E-state index contributed by atoms with van der Waals surface area (Å²) in [7, 11) is 0. The Kier molecular flexibility index (Phi) is 5.49. The Morgan fingerprint density at radius 2 is 1.95 bits per heavy atom. The number of nitrogens with two attached hydrogens (primary N) is 1. The molecule has 0 spiro atoms. The molecular formula is C11H10Br2N2O4. The van der Waals surface area contributed by atoms with E-state index in [0.29, 0.717) is 4.47 Å². The predicted octanol–water partition coefficient (Wildman–Crippen LogP) is 1.27. The van der Waals surface area contributed by atoms with E-state index >= 15 is 0 Å². The molecule has 0 aliphatic heterocycles. The molecular weight excluding hydrogens is 384 g/mol. The molecule has 0 bridgehead atoms. The van der Waals surface area contributed by atoms with E-state index in [1.54, 1.807) is 12.1 Å². The predicted molar refractivity (Wildman–Crippen MR) is 74.5 cm³/mol. The van der Waals surface area contributed by atoms with E-state index in [9.17, 15) is 14.4 Å². The minimum absolute atomic E-state index is 0.263. The average molecular weight is 394 g/mol. The Labute approximate surface area is 125 Å². The zero-order chi connectivity index (χ0) is 14.6. The van der Waals surface area contributed by atoms with E-state index in [1.165, 1.54) is 6.07 Å². The number of carboxylic acids is 1. The van der Waals surface area contributed by atoms with Gasteiger partial charge in [-0.2, -0.15) is 0 Å². The fraction of sp³-hybridized carbons (Fsp3) is 0.182. The van der Waals surface area contributed by atoms with Crippen LogP contribution in [0.3, 0.4) is 0 Å². The van der Waals surface area contributed by atoms with Gasteiger partial charge in [-0.1, -0.05) is 15.9 Å². The topological polar surface area (TPSA) is 109 Å². The molecule has 8 heteroatoms. The van der Waals surface area contributed by atoms with Gasteiger partial charge in [0.05, 0.1) is 12.0 Å². The van der Waals surface area contributed by atoms with Crippen molar-refractivity contribution in [2.24, 2.45) is 5.73 Å². The standard InChI is InChI=1S/C11H10Br2N2O4/c12-5-1-2-6(7(13)3-5)10(17)15-8(11(18)19)4-9(14)16/h1-3,8H,4H2,(H2,14,16)(H,15,17)(H,18,19)/t8-/m1/s1. The highest BCUT2D eigenvalue weighted by molar-refractivity contribution is 9.11. The molecule has 0 aliphatic carbocycles. The lowest BCUT2D eigenvalue weighted by atomic mass is 10.1. The molecule has 0 saturated heterocycles. The third kappa shape index (κ3) is 4.64. The minimum Gasteiger partial charge on any atom is -0.480 e. The van der Waals surface area contributed by atoms with Crippen LogP contribution in [-0.2, 0) is 9.59 Å². The maximum atomic E-state index is 11.9. The zero-order valence-electron chi connectivity index (χ0n) is 9.52. The molecule has 0 fully saturated rings. The van der Waals surface area contributed by atoms with Crippen LogP contribution in [0.4, 0.5) is 0 Å². The van der Waals surface area contributed by atoms with Crippen LogP contribution in [0.25, 0.3) is 0 Å². The van der Waals surface area contributed by atoms with Crippen molar-refractivity contribution in [2.75, 3.05) is 0 Å². The number of primary amides is 1. The van der Waals surface area contributed by atoms with E-state index in [-0.39, 0.29) is 5.56 Å². The van der Waals surface area contributed by atoms with Gasteiger partial charge < -0.3 is 16.2 Å². The van der Waals surface area contributed by atoms with E-state index in [4.69, 9.17) is 10.8 Å². The highest BCUT2D eigenvalue weighted by Gasteiger charge is 2.23. The molecule has 102 valence electrons. The SMILES string of the molecule is NC(=O)C[C@@H](NC(=O)c1ccc(Br)cc1Br)C(=O)O. The number of rotatable bonds is 5. The molecule has 0 radical (unpaired) electrons. The zero-order valence-corrected chi connectivity index (χ0v) is 12.7. The third-order valence-electron chi connectivity index (χ3n) is 2.18. The fourth-order valence-corrected chi connectivity index (χ4v) is 2.54. The van der Waals surface area contributed by atoms with Gasteiger partial charge in [0.25, 0.3) is 5.91 Å².